The zero-order valence-corrected chi connectivity index (χ0v) is 16.9. The predicted octanol–water partition coefficient (Wildman–Crippen LogP) is 1.96. The van der Waals surface area contributed by atoms with E-state index < -0.39 is 10.0 Å². The second-order valence-corrected chi connectivity index (χ2v) is 8.50. The summed E-state index contributed by atoms with van der Waals surface area (Å²) < 4.78 is 31.9. The van der Waals surface area contributed by atoms with Gasteiger partial charge in [-0.25, -0.2) is 18.2 Å². The number of nitrogens with one attached hydrogen (secondary N) is 1. The molecule has 0 bridgehead atoms. The Hall–Kier alpha value is -2.36. The molecule has 0 spiro atoms. The van der Waals surface area contributed by atoms with Crippen molar-refractivity contribution in [2.75, 3.05) is 33.3 Å². The second-order valence-electron chi connectivity index (χ2n) is 6.19. The van der Waals surface area contributed by atoms with Gasteiger partial charge in [-0.05, 0) is 17.7 Å². The van der Waals surface area contributed by atoms with Gasteiger partial charge < -0.3 is 15.0 Å². The van der Waals surface area contributed by atoms with E-state index in [4.69, 9.17) is 16.3 Å². The van der Waals surface area contributed by atoms with Gasteiger partial charge in [0.1, 0.15) is 4.90 Å². The first-order valence-electron chi connectivity index (χ1n) is 8.68. The molecule has 1 N–H and O–H groups in total. The number of rotatable bonds is 5. The van der Waals surface area contributed by atoms with E-state index in [0.29, 0.717) is 25.5 Å². The van der Waals surface area contributed by atoms with Gasteiger partial charge in [0.25, 0.3) is 0 Å². The van der Waals surface area contributed by atoms with Crippen LogP contribution in [0.1, 0.15) is 5.56 Å². The summed E-state index contributed by atoms with van der Waals surface area (Å²) in [5, 5.41) is 3.01. The molecule has 150 valence electrons. The van der Waals surface area contributed by atoms with Crippen molar-refractivity contribution in [1.82, 2.24) is 19.5 Å². The number of benzene rings is 1. The number of carbonyl (C=O) groups excluding carboxylic acids is 1. The van der Waals surface area contributed by atoms with Crippen LogP contribution in [0.3, 0.4) is 0 Å². The molecule has 28 heavy (non-hydrogen) atoms. The number of pyridine rings is 1. The van der Waals surface area contributed by atoms with E-state index in [2.05, 4.69) is 10.3 Å². The molecule has 1 aliphatic rings. The molecule has 0 radical (unpaired) electrons. The Morgan fingerprint density at radius 3 is 2.50 bits per heavy atom. The van der Waals surface area contributed by atoms with E-state index in [1.165, 1.54) is 17.5 Å². The van der Waals surface area contributed by atoms with Crippen molar-refractivity contribution in [2.45, 2.75) is 11.4 Å². The SMILES string of the molecule is COc1ccc(CNC(=O)N2CCN(S(=O)(=O)c3ccccc3Cl)CC2)cn1. The van der Waals surface area contributed by atoms with E-state index in [9.17, 15) is 13.2 Å². The normalized spacial score (nSPS) is 15.3. The number of nitrogens with zero attached hydrogens (tertiary/aromatic N) is 3. The lowest BCUT2D eigenvalue weighted by Crippen LogP contribution is -2.53. The third-order valence-corrected chi connectivity index (χ3v) is 6.83. The van der Waals surface area contributed by atoms with E-state index >= 15 is 0 Å². The molecule has 2 amide bonds. The Bertz CT molecular complexity index is 929. The third kappa shape index (κ3) is 4.54. The molecule has 2 heterocycles. The average Bonchev–Trinajstić information content (AvgIpc) is 2.72. The van der Waals surface area contributed by atoms with Crippen molar-refractivity contribution < 1.29 is 17.9 Å². The third-order valence-electron chi connectivity index (χ3n) is 4.43. The molecule has 1 aliphatic heterocycles. The van der Waals surface area contributed by atoms with Crippen LogP contribution in [-0.4, -0.2) is 61.9 Å². The standard InChI is InChI=1S/C18H21ClN4O4S/c1-27-17-7-6-14(12-20-17)13-21-18(24)22-8-10-23(11-9-22)28(25,26)16-5-3-2-4-15(16)19/h2-7,12H,8-11,13H2,1H3,(H,21,24). The molecule has 1 fully saturated rings. The van der Waals surface area contributed by atoms with E-state index in [1.54, 1.807) is 35.4 Å². The maximum Gasteiger partial charge on any atom is 0.317 e. The number of hydrogen-bond donors (Lipinski definition) is 1. The Morgan fingerprint density at radius 1 is 1.18 bits per heavy atom. The first-order valence-corrected chi connectivity index (χ1v) is 10.5. The number of ether oxygens (including phenoxy) is 1. The molecule has 2 aromatic rings. The number of urea groups is 1. The summed E-state index contributed by atoms with van der Waals surface area (Å²) in [4.78, 5) is 18.1. The molecule has 0 unspecified atom stereocenters. The van der Waals surface area contributed by atoms with Crippen molar-refractivity contribution >= 4 is 27.7 Å². The molecular weight excluding hydrogens is 404 g/mol. The molecule has 3 rings (SSSR count). The first-order chi connectivity index (χ1) is 13.4. The number of hydrogen-bond acceptors (Lipinski definition) is 5. The molecule has 0 saturated carbocycles. The minimum atomic E-state index is -3.68. The van der Waals surface area contributed by atoms with Gasteiger partial charge in [0, 0.05) is 45.0 Å². The molecule has 1 aromatic carbocycles. The first kappa shape index (κ1) is 20.4. The van der Waals surface area contributed by atoms with Crippen LogP contribution in [0.25, 0.3) is 0 Å². The summed E-state index contributed by atoms with van der Waals surface area (Å²) in [5.74, 6) is 0.505. The predicted molar refractivity (Wildman–Crippen MR) is 105 cm³/mol. The molecule has 8 nitrogen and oxygen atoms in total. The Balaban J connectivity index is 1.54. The highest BCUT2D eigenvalue weighted by Crippen LogP contribution is 2.25. The van der Waals surface area contributed by atoms with Crippen LogP contribution in [0.4, 0.5) is 4.79 Å². The summed E-state index contributed by atoms with van der Waals surface area (Å²) in [5.41, 5.74) is 0.842. The minimum absolute atomic E-state index is 0.0848. The van der Waals surface area contributed by atoms with Crippen LogP contribution in [0, 0.1) is 0 Å². The zero-order valence-electron chi connectivity index (χ0n) is 15.3. The second kappa shape index (κ2) is 8.76. The van der Waals surface area contributed by atoms with Gasteiger partial charge in [-0.15, -0.1) is 0 Å². The van der Waals surface area contributed by atoms with E-state index in [-0.39, 0.29) is 29.0 Å². The van der Waals surface area contributed by atoms with Crippen LogP contribution in [-0.2, 0) is 16.6 Å². The van der Waals surface area contributed by atoms with Gasteiger partial charge in [-0.3, -0.25) is 0 Å². The fraction of sp³-hybridized carbons (Fsp3) is 0.333. The molecular formula is C18H21ClN4O4S. The minimum Gasteiger partial charge on any atom is -0.481 e. The van der Waals surface area contributed by atoms with E-state index in [0.717, 1.165) is 5.56 Å². The lowest BCUT2D eigenvalue weighted by atomic mass is 10.3. The Morgan fingerprint density at radius 2 is 1.89 bits per heavy atom. The molecule has 1 aromatic heterocycles. The summed E-state index contributed by atoms with van der Waals surface area (Å²) >= 11 is 6.03. The number of halogens is 1. The van der Waals surface area contributed by atoms with Crippen LogP contribution in [0.5, 0.6) is 5.88 Å². The number of sulfonamides is 1. The highest BCUT2D eigenvalue weighted by Gasteiger charge is 2.31. The van der Waals surface area contributed by atoms with Crippen molar-refractivity contribution in [3.63, 3.8) is 0 Å². The fourth-order valence-corrected chi connectivity index (χ4v) is 4.77. The lowest BCUT2D eigenvalue weighted by molar-refractivity contribution is 0.172. The van der Waals surface area contributed by atoms with Gasteiger partial charge in [0.2, 0.25) is 15.9 Å². The maximum absolute atomic E-state index is 12.8. The van der Waals surface area contributed by atoms with Crippen molar-refractivity contribution in [1.29, 1.82) is 0 Å². The zero-order chi connectivity index (χ0) is 20.1. The highest BCUT2D eigenvalue weighted by atomic mass is 35.5. The fourth-order valence-electron chi connectivity index (χ4n) is 2.85. The molecule has 10 heteroatoms. The number of methoxy groups -OCH3 is 1. The quantitative estimate of drug-likeness (QED) is 0.792. The van der Waals surface area contributed by atoms with Crippen LogP contribution >= 0.6 is 11.6 Å². The number of aromatic nitrogens is 1. The van der Waals surface area contributed by atoms with Crippen molar-refractivity contribution in [3.8, 4) is 5.88 Å². The summed E-state index contributed by atoms with van der Waals surface area (Å²) in [6.07, 6.45) is 1.63. The maximum atomic E-state index is 12.8. The summed E-state index contributed by atoms with van der Waals surface area (Å²) in [7, 11) is -2.14. The molecule has 0 atom stereocenters. The van der Waals surface area contributed by atoms with Gasteiger partial charge in [-0.1, -0.05) is 29.8 Å². The molecule has 1 saturated heterocycles. The Kier molecular flexibility index (Phi) is 6.38. The average molecular weight is 425 g/mol. The van der Waals surface area contributed by atoms with Crippen molar-refractivity contribution in [3.05, 3.63) is 53.2 Å². The van der Waals surface area contributed by atoms with Crippen LogP contribution < -0.4 is 10.1 Å². The molecule has 0 aliphatic carbocycles. The largest absolute Gasteiger partial charge is 0.481 e. The van der Waals surface area contributed by atoms with Gasteiger partial charge in [-0.2, -0.15) is 4.31 Å². The highest BCUT2D eigenvalue weighted by molar-refractivity contribution is 7.89. The van der Waals surface area contributed by atoms with Gasteiger partial charge in [0.15, 0.2) is 0 Å². The van der Waals surface area contributed by atoms with Gasteiger partial charge in [0.05, 0.1) is 12.1 Å². The number of amides is 2. The summed E-state index contributed by atoms with van der Waals surface area (Å²) in [6.45, 7) is 1.36. The summed E-state index contributed by atoms with van der Waals surface area (Å²) in [6, 6.07) is 9.65. The topological polar surface area (TPSA) is 91.8 Å². The number of piperazine rings is 1. The Labute approximate surface area is 169 Å². The van der Waals surface area contributed by atoms with Crippen LogP contribution in [0.15, 0.2) is 47.5 Å². The van der Waals surface area contributed by atoms with E-state index in [1.807, 2.05) is 6.07 Å². The van der Waals surface area contributed by atoms with Crippen molar-refractivity contribution in [2.24, 2.45) is 0 Å². The monoisotopic (exact) mass is 424 g/mol. The van der Waals surface area contributed by atoms with Gasteiger partial charge >= 0.3 is 6.03 Å². The lowest BCUT2D eigenvalue weighted by Gasteiger charge is -2.34. The van der Waals surface area contributed by atoms with Crippen LogP contribution in [0.2, 0.25) is 5.02 Å². The number of carbonyl (C=O) groups is 1. The smallest absolute Gasteiger partial charge is 0.317 e.